The summed E-state index contributed by atoms with van der Waals surface area (Å²) in [5.74, 6) is 0.607. The van der Waals surface area contributed by atoms with Gasteiger partial charge >= 0.3 is 0 Å². The quantitative estimate of drug-likeness (QED) is 0.775. The number of carbonyl (C=O) groups is 1. The van der Waals surface area contributed by atoms with Crippen molar-refractivity contribution in [1.29, 1.82) is 0 Å². The van der Waals surface area contributed by atoms with Crippen molar-refractivity contribution >= 4 is 17.2 Å². The third kappa shape index (κ3) is 2.25. The SMILES string of the molecule is Cc1cccc(NC(=O)c2ccc3nnc(C)n3c2)c1. The predicted molar refractivity (Wildman–Crippen MR) is 76.9 cm³/mol. The molecule has 0 aliphatic carbocycles. The first-order valence-electron chi connectivity index (χ1n) is 6.33. The van der Waals surface area contributed by atoms with E-state index < -0.39 is 0 Å². The molecule has 5 heteroatoms. The average molecular weight is 266 g/mol. The van der Waals surface area contributed by atoms with Crippen LogP contribution in [0.5, 0.6) is 0 Å². The molecule has 20 heavy (non-hydrogen) atoms. The Kier molecular flexibility index (Phi) is 2.95. The molecule has 0 aliphatic heterocycles. The second-order valence-electron chi connectivity index (χ2n) is 4.72. The first-order chi connectivity index (χ1) is 9.63. The maximum absolute atomic E-state index is 12.2. The van der Waals surface area contributed by atoms with Crippen molar-refractivity contribution in [1.82, 2.24) is 14.6 Å². The van der Waals surface area contributed by atoms with Crippen LogP contribution in [0.2, 0.25) is 0 Å². The van der Waals surface area contributed by atoms with Gasteiger partial charge in [0.05, 0.1) is 5.56 Å². The van der Waals surface area contributed by atoms with Crippen molar-refractivity contribution in [3.05, 3.63) is 59.5 Å². The summed E-state index contributed by atoms with van der Waals surface area (Å²) in [6, 6.07) is 11.2. The van der Waals surface area contributed by atoms with Gasteiger partial charge in [0, 0.05) is 11.9 Å². The van der Waals surface area contributed by atoms with Crippen LogP contribution in [-0.2, 0) is 0 Å². The fourth-order valence-electron chi connectivity index (χ4n) is 2.07. The van der Waals surface area contributed by atoms with E-state index in [9.17, 15) is 4.79 Å². The Labute approximate surface area is 116 Å². The average Bonchev–Trinajstić information content (AvgIpc) is 2.80. The highest BCUT2D eigenvalue weighted by Crippen LogP contribution is 2.12. The summed E-state index contributed by atoms with van der Waals surface area (Å²) in [5.41, 5.74) is 3.19. The van der Waals surface area contributed by atoms with Gasteiger partial charge in [0.2, 0.25) is 0 Å². The van der Waals surface area contributed by atoms with Crippen LogP contribution in [0.1, 0.15) is 21.7 Å². The Hall–Kier alpha value is -2.69. The lowest BCUT2D eigenvalue weighted by Crippen LogP contribution is -2.12. The molecule has 0 saturated carbocycles. The van der Waals surface area contributed by atoms with E-state index >= 15 is 0 Å². The molecule has 0 aliphatic rings. The van der Waals surface area contributed by atoms with Crippen molar-refractivity contribution < 1.29 is 4.79 Å². The second kappa shape index (κ2) is 4.77. The zero-order valence-electron chi connectivity index (χ0n) is 11.3. The summed E-state index contributed by atoms with van der Waals surface area (Å²) in [7, 11) is 0. The van der Waals surface area contributed by atoms with Gasteiger partial charge in [0.25, 0.3) is 5.91 Å². The van der Waals surface area contributed by atoms with Crippen LogP contribution in [0.4, 0.5) is 5.69 Å². The Morgan fingerprint density at radius 1 is 1.15 bits per heavy atom. The Bertz CT molecular complexity index is 791. The van der Waals surface area contributed by atoms with Gasteiger partial charge < -0.3 is 5.32 Å². The number of carbonyl (C=O) groups excluding carboxylic acids is 1. The number of fused-ring (bicyclic) bond motifs is 1. The number of aryl methyl sites for hydroxylation is 2. The minimum Gasteiger partial charge on any atom is -0.322 e. The van der Waals surface area contributed by atoms with E-state index in [0.717, 1.165) is 22.7 Å². The maximum atomic E-state index is 12.2. The minimum atomic E-state index is -0.148. The number of nitrogens with zero attached hydrogens (tertiary/aromatic N) is 3. The van der Waals surface area contributed by atoms with Crippen LogP contribution in [-0.4, -0.2) is 20.5 Å². The molecular weight excluding hydrogens is 252 g/mol. The molecule has 1 aromatic carbocycles. The third-order valence-electron chi connectivity index (χ3n) is 3.11. The molecule has 3 rings (SSSR count). The van der Waals surface area contributed by atoms with Gasteiger partial charge in [-0.2, -0.15) is 0 Å². The second-order valence-corrected chi connectivity index (χ2v) is 4.72. The van der Waals surface area contributed by atoms with E-state index in [1.165, 1.54) is 0 Å². The predicted octanol–water partition coefficient (Wildman–Crippen LogP) is 2.60. The van der Waals surface area contributed by atoms with E-state index in [1.54, 1.807) is 22.7 Å². The number of anilines is 1. The summed E-state index contributed by atoms with van der Waals surface area (Å²) >= 11 is 0. The van der Waals surface area contributed by atoms with Crippen LogP contribution in [0, 0.1) is 13.8 Å². The summed E-state index contributed by atoms with van der Waals surface area (Å²) in [6.45, 7) is 3.84. The molecule has 2 heterocycles. The zero-order valence-corrected chi connectivity index (χ0v) is 11.3. The van der Waals surface area contributed by atoms with Crippen LogP contribution in [0.3, 0.4) is 0 Å². The fourth-order valence-corrected chi connectivity index (χ4v) is 2.07. The fraction of sp³-hybridized carbons (Fsp3) is 0.133. The number of aromatic nitrogens is 3. The molecule has 2 aromatic heterocycles. The number of amides is 1. The molecule has 3 aromatic rings. The maximum Gasteiger partial charge on any atom is 0.257 e. The van der Waals surface area contributed by atoms with Crippen LogP contribution in [0.25, 0.3) is 5.65 Å². The number of pyridine rings is 1. The van der Waals surface area contributed by atoms with Gasteiger partial charge in [-0.05, 0) is 43.7 Å². The van der Waals surface area contributed by atoms with Crippen molar-refractivity contribution in [2.24, 2.45) is 0 Å². The van der Waals surface area contributed by atoms with Gasteiger partial charge in [-0.25, -0.2) is 0 Å². The number of nitrogens with one attached hydrogen (secondary N) is 1. The van der Waals surface area contributed by atoms with E-state index in [0.29, 0.717) is 5.56 Å². The van der Waals surface area contributed by atoms with Gasteiger partial charge in [-0.15, -0.1) is 10.2 Å². The number of benzene rings is 1. The lowest BCUT2D eigenvalue weighted by Gasteiger charge is -2.06. The minimum absolute atomic E-state index is 0.148. The Morgan fingerprint density at radius 2 is 2.00 bits per heavy atom. The van der Waals surface area contributed by atoms with E-state index in [-0.39, 0.29) is 5.91 Å². The standard InChI is InChI=1S/C15H14N4O/c1-10-4-3-5-13(8-10)16-15(20)12-6-7-14-18-17-11(2)19(14)9-12/h3-9H,1-2H3,(H,16,20). The number of rotatable bonds is 2. The van der Waals surface area contributed by atoms with Gasteiger partial charge in [-0.3, -0.25) is 9.20 Å². The highest BCUT2D eigenvalue weighted by Gasteiger charge is 2.09. The van der Waals surface area contributed by atoms with Crippen molar-refractivity contribution in [3.63, 3.8) is 0 Å². The van der Waals surface area contributed by atoms with Crippen molar-refractivity contribution in [2.75, 3.05) is 5.32 Å². The molecule has 100 valence electrons. The Morgan fingerprint density at radius 3 is 2.80 bits per heavy atom. The van der Waals surface area contributed by atoms with E-state index in [1.807, 2.05) is 38.1 Å². The van der Waals surface area contributed by atoms with Crippen LogP contribution >= 0.6 is 0 Å². The molecule has 5 nitrogen and oxygen atoms in total. The normalized spacial score (nSPS) is 10.7. The summed E-state index contributed by atoms with van der Waals surface area (Å²) in [5, 5.41) is 10.9. The van der Waals surface area contributed by atoms with Crippen molar-refractivity contribution in [2.45, 2.75) is 13.8 Å². The highest BCUT2D eigenvalue weighted by molar-refractivity contribution is 6.04. The first-order valence-corrected chi connectivity index (χ1v) is 6.33. The van der Waals surface area contributed by atoms with Gasteiger partial charge in [0.1, 0.15) is 5.82 Å². The molecule has 0 unspecified atom stereocenters. The smallest absolute Gasteiger partial charge is 0.257 e. The molecule has 0 fully saturated rings. The highest BCUT2D eigenvalue weighted by atomic mass is 16.1. The molecule has 1 amide bonds. The summed E-state index contributed by atoms with van der Waals surface area (Å²) in [6.07, 6.45) is 1.75. The molecule has 0 saturated heterocycles. The van der Waals surface area contributed by atoms with E-state index in [4.69, 9.17) is 0 Å². The van der Waals surface area contributed by atoms with E-state index in [2.05, 4.69) is 15.5 Å². The third-order valence-corrected chi connectivity index (χ3v) is 3.11. The van der Waals surface area contributed by atoms with Gasteiger partial charge in [0.15, 0.2) is 5.65 Å². The topological polar surface area (TPSA) is 59.3 Å². The summed E-state index contributed by atoms with van der Waals surface area (Å²) in [4.78, 5) is 12.2. The molecule has 0 spiro atoms. The van der Waals surface area contributed by atoms with Crippen molar-refractivity contribution in [3.8, 4) is 0 Å². The van der Waals surface area contributed by atoms with Crippen LogP contribution < -0.4 is 5.32 Å². The Balaban J connectivity index is 1.90. The molecule has 0 bridgehead atoms. The first kappa shape index (κ1) is 12.3. The zero-order chi connectivity index (χ0) is 14.1. The largest absolute Gasteiger partial charge is 0.322 e. The molecule has 0 atom stereocenters. The lowest BCUT2D eigenvalue weighted by molar-refractivity contribution is 0.102. The number of hydrogen-bond donors (Lipinski definition) is 1. The molecular formula is C15H14N4O. The summed E-state index contributed by atoms with van der Waals surface area (Å²) < 4.78 is 1.80. The molecule has 1 N–H and O–H groups in total. The lowest BCUT2D eigenvalue weighted by atomic mass is 10.2. The van der Waals surface area contributed by atoms with Gasteiger partial charge in [-0.1, -0.05) is 12.1 Å². The molecule has 0 radical (unpaired) electrons. The number of hydrogen-bond acceptors (Lipinski definition) is 3. The van der Waals surface area contributed by atoms with Crippen LogP contribution in [0.15, 0.2) is 42.6 Å². The monoisotopic (exact) mass is 266 g/mol.